The summed E-state index contributed by atoms with van der Waals surface area (Å²) in [7, 11) is 3.31. The maximum atomic E-state index is 12.4. The standard InChI is InChI=1S/C19H21N3O3/c1-21-15-10-6-7-11-16(15)22(19(21)24)13-18(23)20-12-17(25-2)14-8-4-3-5-9-14/h3-11,17H,12-13H2,1-2H3,(H,20,23). The van der Waals surface area contributed by atoms with Crippen molar-refractivity contribution in [2.24, 2.45) is 7.05 Å². The Hall–Kier alpha value is -2.86. The van der Waals surface area contributed by atoms with Gasteiger partial charge in [0.25, 0.3) is 0 Å². The first-order valence-corrected chi connectivity index (χ1v) is 8.10. The second kappa shape index (κ2) is 7.36. The lowest BCUT2D eigenvalue weighted by Gasteiger charge is -2.16. The van der Waals surface area contributed by atoms with E-state index in [1.807, 2.05) is 54.6 Å². The molecule has 3 aromatic rings. The summed E-state index contributed by atoms with van der Waals surface area (Å²) in [5.74, 6) is -0.226. The zero-order chi connectivity index (χ0) is 17.8. The second-order valence-corrected chi connectivity index (χ2v) is 5.86. The minimum absolute atomic E-state index is 0.0224. The van der Waals surface area contributed by atoms with Crippen LogP contribution < -0.4 is 11.0 Å². The molecule has 1 atom stereocenters. The van der Waals surface area contributed by atoms with E-state index in [-0.39, 0.29) is 24.2 Å². The Labute approximate surface area is 145 Å². The van der Waals surface area contributed by atoms with Crippen molar-refractivity contribution in [1.82, 2.24) is 14.5 Å². The SMILES string of the molecule is COC(CNC(=O)Cn1c(=O)n(C)c2ccccc21)c1ccccc1. The van der Waals surface area contributed by atoms with Gasteiger partial charge in [-0.3, -0.25) is 13.9 Å². The fourth-order valence-electron chi connectivity index (χ4n) is 2.93. The molecule has 3 rings (SSSR count). The summed E-state index contributed by atoms with van der Waals surface area (Å²) in [6, 6.07) is 17.1. The minimum atomic E-state index is -0.227. The van der Waals surface area contributed by atoms with Crippen LogP contribution in [0.15, 0.2) is 59.4 Å². The molecule has 1 unspecified atom stereocenters. The van der Waals surface area contributed by atoms with Crippen LogP contribution in [-0.2, 0) is 23.1 Å². The topological polar surface area (TPSA) is 65.3 Å². The van der Waals surface area contributed by atoms with Gasteiger partial charge in [0, 0.05) is 20.7 Å². The third-order valence-corrected chi connectivity index (χ3v) is 4.29. The number of hydrogen-bond acceptors (Lipinski definition) is 3. The second-order valence-electron chi connectivity index (χ2n) is 5.86. The number of ether oxygens (including phenoxy) is 1. The summed E-state index contributed by atoms with van der Waals surface area (Å²) in [5, 5.41) is 2.85. The predicted octanol–water partition coefficient (Wildman–Crippen LogP) is 1.84. The van der Waals surface area contributed by atoms with E-state index in [4.69, 9.17) is 4.74 Å². The molecule has 0 radical (unpaired) electrons. The van der Waals surface area contributed by atoms with Crippen molar-refractivity contribution >= 4 is 16.9 Å². The highest BCUT2D eigenvalue weighted by Gasteiger charge is 2.15. The third kappa shape index (κ3) is 3.49. The van der Waals surface area contributed by atoms with E-state index in [9.17, 15) is 9.59 Å². The molecule has 0 aliphatic carbocycles. The number of para-hydroxylation sites is 2. The molecule has 0 fully saturated rings. The van der Waals surface area contributed by atoms with Gasteiger partial charge in [0.1, 0.15) is 6.54 Å². The van der Waals surface area contributed by atoms with Crippen LogP contribution >= 0.6 is 0 Å². The molecular formula is C19H21N3O3. The lowest BCUT2D eigenvalue weighted by Crippen LogP contribution is -2.35. The van der Waals surface area contributed by atoms with Crippen molar-refractivity contribution in [1.29, 1.82) is 0 Å². The number of nitrogens with one attached hydrogen (secondary N) is 1. The molecule has 1 amide bonds. The van der Waals surface area contributed by atoms with Gasteiger partial charge in [-0.25, -0.2) is 4.79 Å². The number of methoxy groups -OCH3 is 1. The van der Waals surface area contributed by atoms with Crippen molar-refractivity contribution in [3.05, 3.63) is 70.6 Å². The van der Waals surface area contributed by atoms with E-state index in [1.165, 1.54) is 4.57 Å². The van der Waals surface area contributed by atoms with E-state index >= 15 is 0 Å². The molecule has 0 aliphatic rings. The average Bonchev–Trinajstić information content (AvgIpc) is 2.88. The largest absolute Gasteiger partial charge is 0.375 e. The lowest BCUT2D eigenvalue weighted by molar-refractivity contribution is -0.122. The van der Waals surface area contributed by atoms with Crippen LogP contribution in [-0.4, -0.2) is 28.7 Å². The molecule has 0 saturated carbocycles. The Morgan fingerprint density at radius 1 is 1.08 bits per heavy atom. The van der Waals surface area contributed by atoms with Gasteiger partial charge in [0.05, 0.1) is 17.1 Å². The van der Waals surface area contributed by atoms with Gasteiger partial charge in [-0.05, 0) is 17.7 Å². The molecule has 6 heteroatoms. The summed E-state index contributed by atoms with van der Waals surface area (Å²) in [5.41, 5.74) is 2.34. The maximum absolute atomic E-state index is 12.4. The van der Waals surface area contributed by atoms with Crippen molar-refractivity contribution in [2.75, 3.05) is 13.7 Å². The maximum Gasteiger partial charge on any atom is 0.329 e. The van der Waals surface area contributed by atoms with E-state index in [0.717, 1.165) is 16.6 Å². The van der Waals surface area contributed by atoms with Crippen LogP contribution in [0.3, 0.4) is 0 Å². The molecule has 6 nitrogen and oxygen atoms in total. The summed E-state index contributed by atoms with van der Waals surface area (Å²) < 4.78 is 8.48. The predicted molar refractivity (Wildman–Crippen MR) is 96.4 cm³/mol. The molecule has 1 heterocycles. The highest BCUT2D eigenvalue weighted by atomic mass is 16.5. The smallest absolute Gasteiger partial charge is 0.329 e. The lowest BCUT2D eigenvalue weighted by atomic mass is 10.1. The number of rotatable bonds is 6. The van der Waals surface area contributed by atoms with Crippen LogP contribution in [0.2, 0.25) is 0 Å². The van der Waals surface area contributed by atoms with Crippen LogP contribution in [0, 0.1) is 0 Å². The summed E-state index contributed by atoms with van der Waals surface area (Å²) in [6.07, 6.45) is -0.227. The third-order valence-electron chi connectivity index (χ3n) is 4.29. The number of carbonyl (C=O) groups excluding carboxylic acids is 1. The number of aromatic nitrogens is 2. The van der Waals surface area contributed by atoms with E-state index < -0.39 is 0 Å². The number of benzene rings is 2. The number of amides is 1. The van der Waals surface area contributed by atoms with Gasteiger partial charge >= 0.3 is 5.69 Å². The molecule has 0 spiro atoms. The number of fused-ring (bicyclic) bond motifs is 1. The molecule has 1 N–H and O–H groups in total. The van der Waals surface area contributed by atoms with E-state index in [1.54, 1.807) is 18.7 Å². The summed E-state index contributed by atoms with van der Waals surface area (Å²) in [6.45, 7) is 0.324. The van der Waals surface area contributed by atoms with Crippen molar-refractivity contribution in [3.63, 3.8) is 0 Å². The van der Waals surface area contributed by atoms with Gasteiger partial charge in [0.15, 0.2) is 0 Å². The van der Waals surface area contributed by atoms with Crippen LogP contribution in [0.25, 0.3) is 11.0 Å². The van der Waals surface area contributed by atoms with Crippen molar-refractivity contribution in [3.8, 4) is 0 Å². The molecule has 0 bridgehead atoms. The number of hydrogen-bond donors (Lipinski definition) is 1. The first-order valence-electron chi connectivity index (χ1n) is 8.10. The zero-order valence-electron chi connectivity index (χ0n) is 14.3. The van der Waals surface area contributed by atoms with Crippen LogP contribution in [0.1, 0.15) is 11.7 Å². The molecule has 0 saturated heterocycles. The van der Waals surface area contributed by atoms with E-state index in [0.29, 0.717) is 6.54 Å². The van der Waals surface area contributed by atoms with Gasteiger partial charge in [0.2, 0.25) is 5.91 Å². The fraction of sp³-hybridized carbons (Fsp3) is 0.263. The average molecular weight is 339 g/mol. The highest BCUT2D eigenvalue weighted by Crippen LogP contribution is 2.15. The highest BCUT2D eigenvalue weighted by molar-refractivity contribution is 5.80. The molecule has 2 aromatic carbocycles. The van der Waals surface area contributed by atoms with Gasteiger partial charge in [-0.2, -0.15) is 0 Å². The molecule has 25 heavy (non-hydrogen) atoms. The monoisotopic (exact) mass is 339 g/mol. The van der Waals surface area contributed by atoms with Gasteiger partial charge in [-0.15, -0.1) is 0 Å². The normalized spacial score (nSPS) is 12.2. The van der Waals surface area contributed by atoms with Crippen molar-refractivity contribution in [2.45, 2.75) is 12.6 Å². The van der Waals surface area contributed by atoms with Crippen LogP contribution in [0.4, 0.5) is 0 Å². The zero-order valence-corrected chi connectivity index (χ0v) is 14.3. The summed E-state index contributed by atoms with van der Waals surface area (Å²) >= 11 is 0. The van der Waals surface area contributed by atoms with E-state index in [2.05, 4.69) is 5.32 Å². The van der Waals surface area contributed by atoms with Crippen molar-refractivity contribution < 1.29 is 9.53 Å². The summed E-state index contributed by atoms with van der Waals surface area (Å²) in [4.78, 5) is 24.7. The Morgan fingerprint density at radius 3 is 2.40 bits per heavy atom. The quantitative estimate of drug-likeness (QED) is 0.745. The Kier molecular flexibility index (Phi) is 5.00. The fourth-order valence-corrected chi connectivity index (χ4v) is 2.93. The Bertz CT molecular complexity index is 928. The van der Waals surface area contributed by atoms with Gasteiger partial charge < -0.3 is 10.1 Å². The number of carbonyl (C=O) groups is 1. The molecule has 1 aromatic heterocycles. The molecule has 0 aliphatic heterocycles. The molecular weight excluding hydrogens is 318 g/mol. The Morgan fingerprint density at radius 2 is 1.72 bits per heavy atom. The Balaban J connectivity index is 1.71. The number of aryl methyl sites for hydroxylation is 1. The first kappa shape index (κ1) is 17.0. The molecule has 130 valence electrons. The number of imidazole rings is 1. The number of nitrogens with zero attached hydrogens (tertiary/aromatic N) is 2. The first-order chi connectivity index (χ1) is 12.1. The van der Waals surface area contributed by atoms with Crippen LogP contribution in [0.5, 0.6) is 0 Å². The minimum Gasteiger partial charge on any atom is -0.375 e. The van der Waals surface area contributed by atoms with Gasteiger partial charge in [-0.1, -0.05) is 42.5 Å².